The van der Waals surface area contributed by atoms with Crippen molar-refractivity contribution < 1.29 is 0 Å². The highest BCUT2D eigenvalue weighted by atomic mass is 32.2. The molecule has 1 aliphatic carbocycles. The van der Waals surface area contributed by atoms with E-state index >= 15 is 0 Å². The van der Waals surface area contributed by atoms with E-state index in [0.29, 0.717) is 10.8 Å². The predicted octanol–water partition coefficient (Wildman–Crippen LogP) is 2.93. The maximum Gasteiger partial charge on any atom is 0.0303 e. The lowest BCUT2D eigenvalue weighted by Crippen LogP contribution is -2.39. The largest absolute Gasteiger partial charge is 0.271 e. The lowest BCUT2D eigenvalue weighted by Gasteiger charge is -2.24. The summed E-state index contributed by atoms with van der Waals surface area (Å²) >= 11 is 2.01. The van der Waals surface area contributed by atoms with Crippen LogP contribution in [0.5, 0.6) is 0 Å². The second kappa shape index (κ2) is 6.12. The quantitative estimate of drug-likeness (QED) is 0.563. The van der Waals surface area contributed by atoms with Gasteiger partial charge in [-0.05, 0) is 12.3 Å². The van der Waals surface area contributed by atoms with Crippen molar-refractivity contribution in [3.8, 4) is 0 Å². The van der Waals surface area contributed by atoms with Gasteiger partial charge in [-0.15, -0.1) is 0 Å². The minimum Gasteiger partial charge on any atom is -0.271 e. The predicted molar refractivity (Wildman–Crippen MR) is 69.9 cm³/mol. The molecule has 0 radical (unpaired) electrons. The van der Waals surface area contributed by atoms with Crippen molar-refractivity contribution in [3.63, 3.8) is 0 Å². The molecule has 1 fully saturated rings. The third-order valence-electron chi connectivity index (χ3n) is 3.05. The molecule has 2 nitrogen and oxygen atoms in total. The number of hydrogen-bond acceptors (Lipinski definition) is 3. The summed E-state index contributed by atoms with van der Waals surface area (Å²) in [5, 5.41) is 0. The van der Waals surface area contributed by atoms with Crippen LogP contribution in [0.25, 0.3) is 0 Å². The Hall–Kier alpha value is 0.270. The molecule has 0 aromatic heterocycles. The van der Waals surface area contributed by atoms with Crippen molar-refractivity contribution in [1.29, 1.82) is 0 Å². The third kappa shape index (κ3) is 5.79. The van der Waals surface area contributed by atoms with E-state index in [9.17, 15) is 0 Å². The fourth-order valence-corrected chi connectivity index (χ4v) is 3.12. The van der Waals surface area contributed by atoms with E-state index in [4.69, 9.17) is 5.84 Å². The van der Waals surface area contributed by atoms with E-state index in [1.54, 1.807) is 0 Å². The highest BCUT2D eigenvalue weighted by Gasteiger charge is 2.21. The van der Waals surface area contributed by atoms with Crippen molar-refractivity contribution in [2.24, 2.45) is 11.8 Å². The van der Waals surface area contributed by atoms with E-state index in [1.165, 1.54) is 32.1 Å². The van der Waals surface area contributed by atoms with Gasteiger partial charge in [-0.1, -0.05) is 46.5 Å². The summed E-state index contributed by atoms with van der Waals surface area (Å²) in [7, 11) is 0. The zero-order valence-corrected chi connectivity index (χ0v) is 11.2. The first kappa shape index (κ1) is 13.3. The van der Waals surface area contributed by atoms with Crippen LogP contribution >= 0.6 is 11.8 Å². The Morgan fingerprint density at radius 2 is 1.93 bits per heavy atom. The van der Waals surface area contributed by atoms with Crippen LogP contribution in [-0.2, 0) is 0 Å². The molecule has 1 atom stereocenters. The molecule has 0 spiro atoms. The summed E-state index contributed by atoms with van der Waals surface area (Å²) in [6.45, 7) is 6.79. The van der Waals surface area contributed by atoms with E-state index in [1.807, 2.05) is 11.8 Å². The van der Waals surface area contributed by atoms with Crippen LogP contribution < -0.4 is 11.3 Å². The number of rotatable bonds is 5. The number of hydrazine groups is 1. The molecular weight excluding hydrogens is 204 g/mol. The Morgan fingerprint density at radius 3 is 2.40 bits per heavy atom. The second-order valence-electron chi connectivity index (χ2n) is 5.67. The Balaban J connectivity index is 2.22. The number of thioether (sulfide) groups is 1. The van der Waals surface area contributed by atoms with Crippen molar-refractivity contribution in [1.82, 2.24) is 5.43 Å². The summed E-state index contributed by atoms with van der Waals surface area (Å²) in [6, 6.07) is 0.498. The highest BCUT2D eigenvalue weighted by molar-refractivity contribution is 8.00. The molecule has 1 saturated carbocycles. The van der Waals surface area contributed by atoms with Crippen molar-refractivity contribution in [2.45, 2.75) is 63.7 Å². The van der Waals surface area contributed by atoms with Gasteiger partial charge in [0.25, 0.3) is 0 Å². The van der Waals surface area contributed by atoms with Gasteiger partial charge in [-0.3, -0.25) is 11.3 Å². The van der Waals surface area contributed by atoms with Crippen LogP contribution in [0.2, 0.25) is 0 Å². The number of nitrogens with one attached hydrogen (secondary N) is 1. The van der Waals surface area contributed by atoms with Crippen LogP contribution in [0.3, 0.4) is 0 Å². The summed E-state index contributed by atoms with van der Waals surface area (Å²) in [5.74, 6) is 7.68. The fourth-order valence-electron chi connectivity index (χ4n) is 2.18. The van der Waals surface area contributed by atoms with Gasteiger partial charge < -0.3 is 0 Å². The average Bonchev–Trinajstić information content (AvgIpc) is 2.63. The van der Waals surface area contributed by atoms with Gasteiger partial charge in [-0.2, -0.15) is 11.8 Å². The SMILES string of the molecule is CC(C)(C)SCC(CC1CCCC1)NN. The van der Waals surface area contributed by atoms with Gasteiger partial charge in [-0.25, -0.2) is 0 Å². The zero-order valence-electron chi connectivity index (χ0n) is 10.4. The van der Waals surface area contributed by atoms with Crippen molar-refractivity contribution >= 4 is 11.8 Å². The van der Waals surface area contributed by atoms with E-state index in [2.05, 4.69) is 26.2 Å². The van der Waals surface area contributed by atoms with Crippen LogP contribution in [0, 0.1) is 5.92 Å². The molecule has 0 heterocycles. The van der Waals surface area contributed by atoms with Gasteiger partial charge in [0, 0.05) is 16.5 Å². The van der Waals surface area contributed by atoms with Gasteiger partial charge in [0.2, 0.25) is 0 Å². The molecule has 0 bridgehead atoms. The first-order valence-electron chi connectivity index (χ1n) is 6.11. The average molecular weight is 230 g/mol. The Kier molecular flexibility index (Phi) is 5.44. The summed E-state index contributed by atoms with van der Waals surface area (Å²) < 4.78 is 0.352. The molecular formula is C12H26N2S. The highest BCUT2D eigenvalue weighted by Crippen LogP contribution is 2.30. The van der Waals surface area contributed by atoms with Crippen molar-refractivity contribution in [2.75, 3.05) is 5.75 Å². The molecule has 3 N–H and O–H groups in total. The number of hydrogen-bond donors (Lipinski definition) is 2. The first-order valence-corrected chi connectivity index (χ1v) is 7.10. The molecule has 1 unspecified atom stereocenters. The van der Waals surface area contributed by atoms with E-state index < -0.39 is 0 Å². The van der Waals surface area contributed by atoms with Crippen LogP contribution in [0.15, 0.2) is 0 Å². The minimum atomic E-state index is 0.352. The molecule has 3 heteroatoms. The van der Waals surface area contributed by atoms with Crippen LogP contribution in [0.1, 0.15) is 52.9 Å². The smallest absolute Gasteiger partial charge is 0.0303 e. The van der Waals surface area contributed by atoms with Gasteiger partial charge in [0.15, 0.2) is 0 Å². The lowest BCUT2D eigenvalue weighted by molar-refractivity contribution is 0.414. The first-order chi connectivity index (χ1) is 7.01. The standard InChI is InChI=1S/C12H26N2S/c1-12(2,3)15-9-11(14-13)8-10-6-4-5-7-10/h10-11,14H,4-9,13H2,1-3H3. The minimum absolute atomic E-state index is 0.352. The molecule has 1 rings (SSSR count). The summed E-state index contributed by atoms with van der Waals surface area (Å²) in [4.78, 5) is 0. The maximum atomic E-state index is 5.62. The lowest BCUT2D eigenvalue weighted by atomic mass is 10.00. The molecule has 0 aromatic carbocycles. The van der Waals surface area contributed by atoms with E-state index in [0.717, 1.165) is 11.7 Å². The van der Waals surface area contributed by atoms with Crippen molar-refractivity contribution in [3.05, 3.63) is 0 Å². The monoisotopic (exact) mass is 230 g/mol. The van der Waals surface area contributed by atoms with Gasteiger partial charge in [0.05, 0.1) is 0 Å². The Morgan fingerprint density at radius 1 is 1.33 bits per heavy atom. The molecule has 0 aromatic rings. The maximum absolute atomic E-state index is 5.62. The van der Waals surface area contributed by atoms with E-state index in [-0.39, 0.29) is 0 Å². The zero-order chi connectivity index (χ0) is 11.3. The van der Waals surface area contributed by atoms with Gasteiger partial charge >= 0.3 is 0 Å². The normalized spacial score (nSPS) is 20.8. The molecule has 1 aliphatic rings. The van der Waals surface area contributed by atoms with Crippen LogP contribution in [0.4, 0.5) is 0 Å². The molecule has 15 heavy (non-hydrogen) atoms. The molecule has 0 saturated heterocycles. The van der Waals surface area contributed by atoms with Gasteiger partial charge in [0.1, 0.15) is 0 Å². The molecule has 0 amide bonds. The third-order valence-corrected chi connectivity index (χ3v) is 4.48. The summed E-state index contributed by atoms with van der Waals surface area (Å²) in [5.41, 5.74) is 2.98. The Labute approximate surface area is 98.7 Å². The summed E-state index contributed by atoms with van der Waals surface area (Å²) in [6.07, 6.45) is 6.94. The second-order valence-corrected chi connectivity index (χ2v) is 7.52. The molecule has 90 valence electrons. The fraction of sp³-hybridized carbons (Fsp3) is 1.00. The Bertz CT molecular complexity index is 171. The van der Waals surface area contributed by atoms with Crippen LogP contribution in [-0.4, -0.2) is 16.5 Å². The topological polar surface area (TPSA) is 38.0 Å². The molecule has 0 aliphatic heterocycles. The number of nitrogens with two attached hydrogens (primary N) is 1.